The van der Waals surface area contributed by atoms with Crippen LogP contribution in [0.1, 0.15) is 12.0 Å². The monoisotopic (exact) mass is 348 g/mol. The number of thioether (sulfide) groups is 1. The number of carbonyl (C=O) groups is 1. The number of carbonyl (C=O) groups excluding carboxylic acids is 1. The third-order valence-corrected chi connectivity index (χ3v) is 4.77. The van der Waals surface area contributed by atoms with E-state index in [4.69, 9.17) is 16.9 Å². The van der Waals surface area contributed by atoms with Gasteiger partial charge in [0.05, 0.1) is 18.2 Å². The molecule has 1 heterocycles. The maximum atomic E-state index is 12.6. The van der Waals surface area contributed by atoms with Crippen LogP contribution in [-0.2, 0) is 11.8 Å². The minimum absolute atomic E-state index is 0.0602. The van der Waals surface area contributed by atoms with Crippen molar-refractivity contribution >= 4 is 35.0 Å². The largest absolute Gasteiger partial charge is 0.329 e. The van der Waals surface area contributed by atoms with Crippen molar-refractivity contribution in [3.05, 3.63) is 41.2 Å². The number of aromatic nitrogens is 2. The van der Waals surface area contributed by atoms with Crippen molar-refractivity contribution in [2.45, 2.75) is 18.5 Å². The average molecular weight is 349 g/mol. The molecule has 0 N–H and O–H groups in total. The molecule has 2 aromatic rings. The van der Waals surface area contributed by atoms with Gasteiger partial charge in [-0.15, -0.1) is 0 Å². The van der Waals surface area contributed by atoms with Crippen molar-refractivity contribution < 1.29 is 4.79 Å². The van der Waals surface area contributed by atoms with Crippen LogP contribution < -0.4 is 4.90 Å². The molecule has 7 heteroatoms. The molecule has 0 aliphatic heterocycles. The van der Waals surface area contributed by atoms with Crippen LogP contribution in [0.4, 0.5) is 5.69 Å². The summed E-state index contributed by atoms with van der Waals surface area (Å²) in [4.78, 5) is 18.4. The van der Waals surface area contributed by atoms with E-state index in [0.717, 1.165) is 16.4 Å². The van der Waals surface area contributed by atoms with E-state index in [0.29, 0.717) is 11.6 Å². The Morgan fingerprint density at radius 2 is 2.30 bits per heavy atom. The summed E-state index contributed by atoms with van der Waals surface area (Å²) in [5.74, 6) is 0.202. The molecule has 1 aromatic heterocycles. The van der Waals surface area contributed by atoms with Crippen molar-refractivity contribution in [3.63, 3.8) is 0 Å². The standard InChI is InChI=1S/C16H17ClN4OS/c1-12-10-13(4-5-14(12)17)21(8-3-6-18)15(22)11-23-16-19-7-9-20(16)2/h4-5,7,9-10H,3,8,11H2,1-2H3. The number of hydrogen-bond acceptors (Lipinski definition) is 4. The molecule has 0 saturated carbocycles. The number of nitriles is 1. The summed E-state index contributed by atoms with van der Waals surface area (Å²) in [5.41, 5.74) is 1.66. The first-order chi connectivity index (χ1) is 11.0. The number of aryl methyl sites for hydroxylation is 2. The van der Waals surface area contributed by atoms with Crippen molar-refractivity contribution in [2.75, 3.05) is 17.2 Å². The first-order valence-corrected chi connectivity index (χ1v) is 8.43. The Labute approximate surface area is 144 Å². The number of amides is 1. The zero-order valence-electron chi connectivity index (χ0n) is 13.0. The van der Waals surface area contributed by atoms with Gasteiger partial charge in [-0.25, -0.2) is 4.98 Å². The summed E-state index contributed by atoms with van der Waals surface area (Å²) in [6, 6.07) is 7.52. The van der Waals surface area contributed by atoms with Crippen molar-refractivity contribution in [1.29, 1.82) is 5.26 Å². The summed E-state index contributed by atoms with van der Waals surface area (Å²) >= 11 is 7.42. The molecule has 5 nitrogen and oxygen atoms in total. The van der Waals surface area contributed by atoms with Gasteiger partial charge in [0.25, 0.3) is 0 Å². The van der Waals surface area contributed by atoms with Gasteiger partial charge < -0.3 is 9.47 Å². The van der Waals surface area contributed by atoms with Gasteiger partial charge >= 0.3 is 0 Å². The molecule has 1 aromatic carbocycles. The van der Waals surface area contributed by atoms with Gasteiger partial charge in [0.1, 0.15) is 0 Å². The highest BCUT2D eigenvalue weighted by Crippen LogP contribution is 2.24. The number of halogens is 1. The number of anilines is 1. The molecule has 0 radical (unpaired) electrons. The van der Waals surface area contributed by atoms with Crippen LogP contribution in [0.5, 0.6) is 0 Å². The Morgan fingerprint density at radius 3 is 2.91 bits per heavy atom. The number of rotatable bonds is 6. The molecule has 0 aliphatic carbocycles. The van der Waals surface area contributed by atoms with Crippen LogP contribution in [0.2, 0.25) is 5.02 Å². The van der Waals surface area contributed by atoms with E-state index in [2.05, 4.69) is 11.1 Å². The first kappa shape index (κ1) is 17.4. The quantitative estimate of drug-likeness (QED) is 0.750. The second-order valence-corrected chi connectivity index (χ2v) is 6.35. The fourth-order valence-electron chi connectivity index (χ4n) is 2.05. The highest BCUT2D eigenvalue weighted by Gasteiger charge is 2.17. The maximum Gasteiger partial charge on any atom is 0.237 e. The van der Waals surface area contributed by atoms with Gasteiger partial charge in [-0.05, 0) is 30.7 Å². The molecule has 0 unspecified atom stereocenters. The topological polar surface area (TPSA) is 61.9 Å². The molecule has 23 heavy (non-hydrogen) atoms. The van der Waals surface area contributed by atoms with Crippen molar-refractivity contribution in [1.82, 2.24) is 9.55 Å². The second-order valence-electron chi connectivity index (χ2n) is 5.00. The molecule has 0 bridgehead atoms. The van der Waals surface area contributed by atoms with Crippen LogP contribution in [0.15, 0.2) is 35.7 Å². The molecular weight excluding hydrogens is 332 g/mol. The summed E-state index contributed by atoms with van der Waals surface area (Å²) in [7, 11) is 1.88. The third-order valence-electron chi connectivity index (χ3n) is 3.30. The lowest BCUT2D eigenvalue weighted by atomic mass is 10.2. The lowest BCUT2D eigenvalue weighted by Crippen LogP contribution is -2.33. The highest BCUT2D eigenvalue weighted by atomic mass is 35.5. The molecule has 1 amide bonds. The molecule has 0 saturated heterocycles. The second kappa shape index (κ2) is 8.04. The van der Waals surface area contributed by atoms with Crippen LogP contribution in [0.3, 0.4) is 0 Å². The molecule has 0 fully saturated rings. The van der Waals surface area contributed by atoms with Crippen LogP contribution in [-0.4, -0.2) is 27.8 Å². The number of nitrogens with zero attached hydrogens (tertiary/aromatic N) is 4. The Kier molecular flexibility index (Phi) is 6.08. The van der Waals surface area contributed by atoms with Gasteiger partial charge in [0.2, 0.25) is 5.91 Å². The third kappa shape index (κ3) is 4.50. The average Bonchev–Trinajstić information content (AvgIpc) is 2.94. The first-order valence-electron chi connectivity index (χ1n) is 7.06. The SMILES string of the molecule is Cc1cc(N(CCC#N)C(=O)CSc2nccn2C)ccc1Cl. The van der Waals surface area contributed by atoms with Crippen LogP contribution >= 0.6 is 23.4 Å². The van der Waals surface area contributed by atoms with Crippen molar-refractivity contribution in [3.8, 4) is 6.07 Å². The predicted octanol–water partition coefficient (Wildman–Crippen LogP) is 3.42. The van der Waals surface area contributed by atoms with Gasteiger partial charge in [0.15, 0.2) is 5.16 Å². The minimum Gasteiger partial charge on any atom is -0.329 e. The van der Waals surface area contributed by atoms with Crippen LogP contribution in [0.25, 0.3) is 0 Å². The van der Waals surface area contributed by atoms with E-state index in [1.165, 1.54) is 11.8 Å². The molecular formula is C16H17ClN4OS. The maximum absolute atomic E-state index is 12.6. The highest BCUT2D eigenvalue weighted by molar-refractivity contribution is 7.99. The summed E-state index contributed by atoms with van der Waals surface area (Å²) in [6.07, 6.45) is 3.81. The number of hydrogen-bond donors (Lipinski definition) is 0. The van der Waals surface area contributed by atoms with E-state index < -0.39 is 0 Å². The Balaban J connectivity index is 2.13. The lowest BCUT2D eigenvalue weighted by Gasteiger charge is -2.22. The predicted molar refractivity (Wildman–Crippen MR) is 92.7 cm³/mol. The summed E-state index contributed by atoms with van der Waals surface area (Å²) < 4.78 is 1.87. The molecule has 2 rings (SSSR count). The lowest BCUT2D eigenvalue weighted by molar-refractivity contribution is -0.116. The normalized spacial score (nSPS) is 10.3. The summed E-state index contributed by atoms with van der Waals surface area (Å²) in [6.45, 7) is 2.25. The van der Waals surface area contributed by atoms with E-state index in [-0.39, 0.29) is 18.1 Å². The zero-order chi connectivity index (χ0) is 16.8. The molecule has 0 aliphatic rings. The van der Waals surface area contributed by atoms with Crippen molar-refractivity contribution in [2.24, 2.45) is 7.05 Å². The fraction of sp³-hybridized carbons (Fsp3) is 0.312. The molecule has 0 spiro atoms. The van der Waals surface area contributed by atoms with E-state index in [1.54, 1.807) is 23.2 Å². The van der Waals surface area contributed by atoms with E-state index >= 15 is 0 Å². The molecule has 0 atom stereocenters. The minimum atomic E-state index is -0.0602. The fourth-order valence-corrected chi connectivity index (χ4v) is 2.98. The van der Waals surface area contributed by atoms with Gasteiger partial charge in [-0.3, -0.25) is 4.79 Å². The van der Waals surface area contributed by atoms with E-state index in [9.17, 15) is 4.79 Å². The number of imidazole rings is 1. The Bertz CT molecular complexity index is 738. The Morgan fingerprint density at radius 1 is 1.52 bits per heavy atom. The Hall–Kier alpha value is -1.97. The van der Waals surface area contributed by atoms with Gasteiger partial charge in [0, 0.05) is 36.7 Å². The molecule has 120 valence electrons. The van der Waals surface area contributed by atoms with Gasteiger partial charge in [-0.2, -0.15) is 5.26 Å². The van der Waals surface area contributed by atoms with Crippen LogP contribution in [0, 0.1) is 18.3 Å². The van der Waals surface area contributed by atoms with Gasteiger partial charge in [-0.1, -0.05) is 23.4 Å². The summed E-state index contributed by atoms with van der Waals surface area (Å²) in [5, 5.41) is 10.3. The zero-order valence-corrected chi connectivity index (χ0v) is 14.6. The number of benzene rings is 1. The smallest absolute Gasteiger partial charge is 0.237 e. The van der Waals surface area contributed by atoms with E-state index in [1.807, 2.05) is 30.8 Å².